The van der Waals surface area contributed by atoms with Crippen molar-refractivity contribution in [3.8, 4) is 17.6 Å². The van der Waals surface area contributed by atoms with Crippen molar-refractivity contribution in [1.29, 1.82) is 5.26 Å². The van der Waals surface area contributed by atoms with Crippen LogP contribution in [0.4, 0.5) is 5.69 Å². The molecule has 0 bridgehead atoms. The van der Waals surface area contributed by atoms with E-state index in [9.17, 15) is 0 Å². The van der Waals surface area contributed by atoms with E-state index in [1.165, 1.54) is 7.11 Å². The predicted molar refractivity (Wildman–Crippen MR) is 57.7 cm³/mol. The van der Waals surface area contributed by atoms with Crippen molar-refractivity contribution >= 4 is 5.69 Å². The van der Waals surface area contributed by atoms with Gasteiger partial charge >= 0.3 is 0 Å². The van der Waals surface area contributed by atoms with E-state index < -0.39 is 6.10 Å². The summed E-state index contributed by atoms with van der Waals surface area (Å²) in [5.74, 6) is 1.09. The number of methoxy groups -OCH3 is 1. The van der Waals surface area contributed by atoms with Crippen LogP contribution >= 0.6 is 0 Å². The predicted octanol–water partition coefficient (Wildman–Crippen LogP) is 1.96. The summed E-state index contributed by atoms with van der Waals surface area (Å²) in [7, 11) is 1.54. The topological polar surface area (TPSA) is 68.3 Å². The lowest BCUT2D eigenvalue weighted by Crippen LogP contribution is -2.12. The Morgan fingerprint density at radius 1 is 1.47 bits per heavy atom. The van der Waals surface area contributed by atoms with E-state index >= 15 is 0 Å². The average molecular weight is 206 g/mol. The van der Waals surface area contributed by atoms with Gasteiger partial charge in [0.1, 0.15) is 6.07 Å². The van der Waals surface area contributed by atoms with Crippen molar-refractivity contribution in [2.45, 2.75) is 19.4 Å². The maximum atomic E-state index is 8.77. The van der Waals surface area contributed by atoms with Crippen LogP contribution in [-0.2, 0) is 0 Å². The summed E-state index contributed by atoms with van der Waals surface area (Å²) in [5, 5.41) is 8.77. The van der Waals surface area contributed by atoms with Crippen LogP contribution in [0, 0.1) is 11.3 Å². The Morgan fingerprint density at radius 2 is 2.20 bits per heavy atom. The molecule has 1 atom stereocenters. The van der Waals surface area contributed by atoms with Crippen molar-refractivity contribution in [1.82, 2.24) is 0 Å². The molecule has 0 aliphatic carbocycles. The molecule has 0 aliphatic heterocycles. The molecule has 0 spiro atoms. The molecule has 2 N–H and O–H groups in total. The zero-order valence-corrected chi connectivity index (χ0v) is 8.86. The van der Waals surface area contributed by atoms with Crippen molar-refractivity contribution in [2.24, 2.45) is 0 Å². The second-order valence-corrected chi connectivity index (χ2v) is 3.05. The van der Waals surface area contributed by atoms with E-state index in [0.717, 1.165) is 0 Å². The lowest BCUT2D eigenvalue weighted by atomic mass is 10.2. The van der Waals surface area contributed by atoms with E-state index in [2.05, 4.69) is 6.07 Å². The van der Waals surface area contributed by atoms with Crippen LogP contribution in [-0.4, -0.2) is 13.2 Å². The molecule has 1 rings (SSSR count). The van der Waals surface area contributed by atoms with Gasteiger partial charge in [-0.3, -0.25) is 0 Å². The fourth-order valence-corrected chi connectivity index (χ4v) is 1.14. The molecule has 0 amide bonds. The van der Waals surface area contributed by atoms with Gasteiger partial charge in [-0.15, -0.1) is 0 Å². The highest BCUT2D eigenvalue weighted by molar-refractivity contribution is 5.52. The third kappa shape index (κ3) is 2.78. The smallest absolute Gasteiger partial charge is 0.184 e. The molecule has 0 saturated carbocycles. The Labute approximate surface area is 89.2 Å². The lowest BCUT2D eigenvalue weighted by molar-refractivity contribution is 0.239. The molecule has 1 aromatic rings. The molecule has 0 fully saturated rings. The Morgan fingerprint density at radius 3 is 2.73 bits per heavy atom. The zero-order chi connectivity index (χ0) is 11.3. The van der Waals surface area contributed by atoms with Gasteiger partial charge in [0.25, 0.3) is 0 Å². The van der Waals surface area contributed by atoms with Gasteiger partial charge in [0.05, 0.1) is 7.11 Å². The normalized spacial score (nSPS) is 11.5. The molecule has 0 heterocycles. The Hall–Kier alpha value is -1.89. The first-order valence-electron chi connectivity index (χ1n) is 4.71. The Bertz CT molecular complexity index is 371. The van der Waals surface area contributed by atoms with Crippen LogP contribution in [0.15, 0.2) is 18.2 Å². The van der Waals surface area contributed by atoms with Crippen LogP contribution in [0.25, 0.3) is 0 Å². The van der Waals surface area contributed by atoms with E-state index in [0.29, 0.717) is 23.6 Å². The van der Waals surface area contributed by atoms with Gasteiger partial charge in [-0.05, 0) is 18.6 Å². The summed E-state index contributed by atoms with van der Waals surface area (Å²) < 4.78 is 10.5. The van der Waals surface area contributed by atoms with Crippen molar-refractivity contribution in [3.63, 3.8) is 0 Å². The van der Waals surface area contributed by atoms with Crippen LogP contribution < -0.4 is 15.2 Å². The van der Waals surface area contributed by atoms with E-state index in [1.54, 1.807) is 18.2 Å². The number of benzene rings is 1. The summed E-state index contributed by atoms with van der Waals surface area (Å²) in [6, 6.07) is 7.14. The standard InChI is InChI=1S/C11H14N2O2/c1-3-9(7-12)15-10-5-4-8(13)6-11(10)14-2/h4-6,9H,3,13H2,1-2H3. The summed E-state index contributed by atoms with van der Waals surface area (Å²) in [6.07, 6.45) is 0.173. The number of nitriles is 1. The SMILES string of the molecule is CCC(C#N)Oc1ccc(N)cc1OC. The first-order valence-corrected chi connectivity index (χ1v) is 4.71. The molecule has 15 heavy (non-hydrogen) atoms. The molecule has 4 heteroatoms. The zero-order valence-electron chi connectivity index (χ0n) is 8.86. The minimum Gasteiger partial charge on any atom is -0.493 e. The fourth-order valence-electron chi connectivity index (χ4n) is 1.14. The molecule has 0 radical (unpaired) electrons. The maximum Gasteiger partial charge on any atom is 0.184 e. The molecule has 4 nitrogen and oxygen atoms in total. The van der Waals surface area contributed by atoms with E-state index in [1.807, 2.05) is 6.92 Å². The van der Waals surface area contributed by atoms with Gasteiger partial charge in [-0.2, -0.15) is 5.26 Å². The highest BCUT2D eigenvalue weighted by Gasteiger charge is 2.10. The monoisotopic (exact) mass is 206 g/mol. The highest BCUT2D eigenvalue weighted by Crippen LogP contribution is 2.29. The minimum absolute atomic E-state index is 0.456. The van der Waals surface area contributed by atoms with Crippen LogP contribution in [0.1, 0.15) is 13.3 Å². The third-order valence-corrected chi connectivity index (χ3v) is 1.97. The first kappa shape index (κ1) is 11.2. The maximum absolute atomic E-state index is 8.77. The molecule has 1 unspecified atom stereocenters. The third-order valence-electron chi connectivity index (χ3n) is 1.97. The minimum atomic E-state index is -0.456. The van der Waals surface area contributed by atoms with Crippen LogP contribution in [0.5, 0.6) is 11.5 Å². The number of hydrogen-bond donors (Lipinski definition) is 1. The summed E-state index contributed by atoms with van der Waals surface area (Å²) in [4.78, 5) is 0. The second-order valence-electron chi connectivity index (χ2n) is 3.05. The number of nitrogens with two attached hydrogens (primary N) is 1. The molecular weight excluding hydrogens is 192 g/mol. The van der Waals surface area contributed by atoms with E-state index in [4.69, 9.17) is 20.5 Å². The number of nitrogens with zero attached hydrogens (tertiary/aromatic N) is 1. The van der Waals surface area contributed by atoms with Gasteiger partial charge < -0.3 is 15.2 Å². The van der Waals surface area contributed by atoms with Gasteiger partial charge in [0.2, 0.25) is 0 Å². The summed E-state index contributed by atoms with van der Waals surface area (Å²) >= 11 is 0. The number of anilines is 1. The average Bonchev–Trinajstić information content (AvgIpc) is 2.27. The van der Waals surface area contributed by atoms with Crippen LogP contribution in [0.3, 0.4) is 0 Å². The van der Waals surface area contributed by atoms with Crippen molar-refractivity contribution < 1.29 is 9.47 Å². The summed E-state index contributed by atoms with van der Waals surface area (Å²) in [6.45, 7) is 1.89. The largest absolute Gasteiger partial charge is 0.493 e. The molecule has 80 valence electrons. The first-order chi connectivity index (χ1) is 7.21. The molecule has 1 aromatic carbocycles. The second kappa shape index (κ2) is 5.11. The Balaban J connectivity index is 2.89. The van der Waals surface area contributed by atoms with Gasteiger partial charge in [-0.25, -0.2) is 0 Å². The molecule has 0 saturated heterocycles. The number of nitrogen functional groups attached to an aromatic ring is 1. The van der Waals surface area contributed by atoms with Gasteiger partial charge in [0.15, 0.2) is 17.6 Å². The number of ether oxygens (including phenoxy) is 2. The lowest BCUT2D eigenvalue weighted by Gasteiger charge is -2.13. The molecule has 0 aromatic heterocycles. The number of hydrogen-bond acceptors (Lipinski definition) is 4. The fraction of sp³-hybridized carbons (Fsp3) is 0.364. The molecular formula is C11H14N2O2. The summed E-state index contributed by atoms with van der Waals surface area (Å²) in [5.41, 5.74) is 6.20. The van der Waals surface area contributed by atoms with Crippen molar-refractivity contribution in [2.75, 3.05) is 12.8 Å². The quantitative estimate of drug-likeness (QED) is 0.764. The molecule has 0 aliphatic rings. The highest BCUT2D eigenvalue weighted by atomic mass is 16.5. The van der Waals surface area contributed by atoms with Gasteiger partial charge in [0, 0.05) is 11.8 Å². The number of rotatable bonds is 4. The van der Waals surface area contributed by atoms with Crippen LogP contribution in [0.2, 0.25) is 0 Å². The van der Waals surface area contributed by atoms with E-state index in [-0.39, 0.29) is 0 Å². The van der Waals surface area contributed by atoms with Crippen molar-refractivity contribution in [3.05, 3.63) is 18.2 Å². The van der Waals surface area contributed by atoms with Gasteiger partial charge in [-0.1, -0.05) is 6.92 Å². The Kier molecular flexibility index (Phi) is 3.81.